The van der Waals surface area contributed by atoms with Gasteiger partial charge in [-0.3, -0.25) is 9.79 Å². The van der Waals surface area contributed by atoms with Crippen molar-refractivity contribution in [2.24, 2.45) is 4.99 Å². The molecule has 1 amide bonds. The van der Waals surface area contributed by atoms with Crippen LogP contribution in [0, 0.1) is 0 Å². The van der Waals surface area contributed by atoms with Gasteiger partial charge in [0.05, 0.1) is 12.4 Å². The Morgan fingerprint density at radius 2 is 2.15 bits per heavy atom. The van der Waals surface area contributed by atoms with Gasteiger partial charge >= 0.3 is 0 Å². The number of hydrogen-bond acceptors (Lipinski definition) is 4. The third kappa shape index (κ3) is 3.07. The number of ether oxygens (including phenoxy) is 1. The highest BCUT2D eigenvalue weighted by Crippen LogP contribution is 2.29. The maximum absolute atomic E-state index is 12.4. The molecular formula is C14H19N3O2S. The summed E-state index contributed by atoms with van der Waals surface area (Å²) in [7, 11) is 5.17. The highest BCUT2D eigenvalue weighted by molar-refractivity contribution is 8.14. The number of benzene rings is 1. The fourth-order valence-electron chi connectivity index (χ4n) is 2.14. The number of amidine groups is 1. The molecule has 108 valence electrons. The summed E-state index contributed by atoms with van der Waals surface area (Å²) in [4.78, 5) is 18.3. The second-order valence-corrected chi connectivity index (χ2v) is 5.55. The highest BCUT2D eigenvalue weighted by Gasteiger charge is 2.33. The number of anilines is 1. The van der Waals surface area contributed by atoms with Crippen LogP contribution in [0.3, 0.4) is 0 Å². The maximum atomic E-state index is 12.4. The zero-order valence-electron chi connectivity index (χ0n) is 11.9. The van der Waals surface area contributed by atoms with Crippen LogP contribution in [-0.2, 0) is 4.79 Å². The van der Waals surface area contributed by atoms with Crippen LogP contribution in [0.2, 0.25) is 0 Å². The number of thioether (sulfide) groups is 1. The Hall–Kier alpha value is -1.69. The molecular weight excluding hydrogens is 274 g/mol. The predicted octanol–water partition coefficient (Wildman–Crippen LogP) is 1.74. The Labute approximate surface area is 123 Å². The van der Waals surface area contributed by atoms with Crippen molar-refractivity contribution in [1.82, 2.24) is 5.32 Å². The fourth-order valence-corrected chi connectivity index (χ4v) is 3.08. The van der Waals surface area contributed by atoms with E-state index in [1.165, 1.54) is 11.8 Å². The summed E-state index contributed by atoms with van der Waals surface area (Å²) in [6.45, 7) is 0.740. The molecule has 20 heavy (non-hydrogen) atoms. The van der Waals surface area contributed by atoms with Crippen molar-refractivity contribution in [3.8, 4) is 5.75 Å². The highest BCUT2D eigenvalue weighted by atomic mass is 32.2. The van der Waals surface area contributed by atoms with E-state index in [2.05, 4.69) is 10.3 Å². The largest absolute Gasteiger partial charge is 0.497 e. The van der Waals surface area contributed by atoms with Gasteiger partial charge in [0.2, 0.25) is 5.91 Å². The molecule has 0 aliphatic carbocycles. The van der Waals surface area contributed by atoms with Crippen LogP contribution in [0.5, 0.6) is 5.75 Å². The molecule has 5 nitrogen and oxygen atoms in total. The van der Waals surface area contributed by atoms with Crippen molar-refractivity contribution in [2.45, 2.75) is 11.7 Å². The molecule has 0 saturated carbocycles. The monoisotopic (exact) mass is 293 g/mol. The van der Waals surface area contributed by atoms with E-state index in [1.54, 1.807) is 14.2 Å². The molecule has 0 spiro atoms. The topological polar surface area (TPSA) is 53.9 Å². The summed E-state index contributed by atoms with van der Waals surface area (Å²) in [5.41, 5.74) is 0.915. The summed E-state index contributed by atoms with van der Waals surface area (Å²) >= 11 is 1.49. The van der Waals surface area contributed by atoms with E-state index in [-0.39, 0.29) is 11.2 Å². The number of nitrogens with zero attached hydrogens (tertiary/aromatic N) is 2. The Balaban J connectivity index is 2.06. The molecule has 0 bridgehead atoms. The van der Waals surface area contributed by atoms with Crippen LogP contribution in [0.25, 0.3) is 0 Å². The van der Waals surface area contributed by atoms with Gasteiger partial charge in [-0.05, 0) is 30.7 Å². The van der Waals surface area contributed by atoms with Crippen LogP contribution in [0.4, 0.5) is 5.69 Å². The van der Waals surface area contributed by atoms with Gasteiger partial charge in [0.1, 0.15) is 5.75 Å². The molecule has 1 aromatic rings. The van der Waals surface area contributed by atoms with Crippen molar-refractivity contribution >= 4 is 28.5 Å². The summed E-state index contributed by atoms with van der Waals surface area (Å²) in [6.07, 6.45) is 0.830. The van der Waals surface area contributed by atoms with Gasteiger partial charge in [0.15, 0.2) is 5.17 Å². The minimum absolute atomic E-state index is 0.0664. The first-order valence-electron chi connectivity index (χ1n) is 6.46. The number of hydrogen-bond donors (Lipinski definition) is 1. The quantitative estimate of drug-likeness (QED) is 0.681. The van der Waals surface area contributed by atoms with E-state index in [9.17, 15) is 4.79 Å². The van der Waals surface area contributed by atoms with Crippen molar-refractivity contribution in [3.05, 3.63) is 24.3 Å². The van der Waals surface area contributed by atoms with E-state index in [0.717, 1.165) is 29.6 Å². The summed E-state index contributed by atoms with van der Waals surface area (Å²) in [5.74, 6) is 0.929. The van der Waals surface area contributed by atoms with Crippen LogP contribution in [0.1, 0.15) is 6.42 Å². The summed E-state index contributed by atoms with van der Waals surface area (Å²) in [5, 5.41) is 3.72. The first-order chi connectivity index (χ1) is 9.69. The van der Waals surface area contributed by atoms with E-state index in [4.69, 9.17) is 4.74 Å². The number of amides is 1. The zero-order chi connectivity index (χ0) is 14.5. The third-order valence-corrected chi connectivity index (χ3v) is 4.54. The van der Waals surface area contributed by atoms with Crippen molar-refractivity contribution in [3.63, 3.8) is 0 Å². The predicted molar refractivity (Wildman–Crippen MR) is 83.8 cm³/mol. The number of aliphatic imine (C=N–C) groups is 1. The van der Waals surface area contributed by atoms with Gasteiger partial charge in [0, 0.05) is 26.3 Å². The first-order valence-corrected chi connectivity index (χ1v) is 7.34. The second kappa shape index (κ2) is 6.65. The second-order valence-electron chi connectivity index (χ2n) is 4.36. The van der Waals surface area contributed by atoms with Crippen molar-refractivity contribution < 1.29 is 9.53 Å². The molecule has 1 aromatic carbocycles. The van der Waals surface area contributed by atoms with E-state index in [0.29, 0.717) is 0 Å². The van der Waals surface area contributed by atoms with Crippen molar-refractivity contribution in [1.29, 1.82) is 0 Å². The Kier molecular flexibility index (Phi) is 4.89. The lowest BCUT2D eigenvalue weighted by atomic mass is 10.3. The van der Waals surface area contributed by atoms with Crippen LogP contribution in [0.15, 0.2) is 29.3 Å². The Morgan fingerprint density at radius 1 is 1.45 bits per heavy atom. The van der Waals surface area contributed by atoms with Crippen molar-refractivity contribution in [2.75, 3.05) is 32.6 Å². The minimum Gasteiger partial charge on any atom is -0.497 e. The molecule has 2 rings (SSSR count). The molecule has 1 saturated heterocycles. The van der Waals surface area contributed by atoms with Crippen LogP contribution in [-0.4, -0.2) is 44.1 Å². The van der Waals surface area contributed by atoms with Gasteiger partial charge in [0.25, 0.3) is 0 Å². The molecule has 0 radical (unpaired) electrons. The maximum Gasteiger partial charge on any atom is 0.240 e. The molecule has 0 aromatic heterocycles. The van der Waals surface area contributed by atoms with Gasteiger partial charge in [-0.2, -0.15) is 0 Å². The smallest absolute Gasteiger partial charge is 0.240 e. The number of methoxy groups -OCH3 is 1. The van der Waals surface area contributed by atoms with Gasteiger partial charge in [-0.25, -0.2) is 0 Å². The lowest BCUT2D eigenvalue weighted by Crippen LogP contribution is -2.29. The summed E-state index contributed by atoms with van der Waals surface area (Å²) in [6, 6.07) is 7.57. The number of nitrogens with one attached hydrogen (secondary N) is 1. The Morgan fingerprint density at radius 3 is 2.70 bits per heavy atom. The van der Waals surface area contributed by atoms with Gasteiger partial charge < -0.3 is 15.0 Å². The van der Waals surface area contributed by atoms with E-state index < -0.39 is 0 Å². The normalized spacial score (nSPS) is 19.4. The molecule has 1 N–H and O–H groups in total. The van der Waals surface area contributed by atoms with Gasteiger partial charge in [-0.1, -0.05) is 11.8 Å². The average Bonchev–Trinajstić information content (AvgIpc) is 2.86. The first kappa shape index (κ1) is 14.7. The lowest BCUT2D eigenvalue weighted by molar-refractivity contribution is -0.116. The number of carbonyl (C=O) groups is 1. The molecule has 1 unspecified atom stereocenters. The third-order valence-electron chi connectivity index (χ3n) is 3.21. The Bertz CT molecular complexity index is 502. The van der Waals surface area contributed by atoms with Gasteiger partial charge in [-0.15, -0.1) is 0 Å². The summed E-state index contributed by atoms with van der Waals surface area (Å²) < 4.78 is 5.13. The average molecular weight is 293 g/mol. The molecule has 6 heteroatoms. The lowest BCUT2D eigenvalue weighted by Gasteiger charge is -2.17. The number of carbonyl (C=O) groups excluding carboxylic acids is 1. The molecule has 1 aliphatic heterocycles. The number of rotatable bonds is 3. The minimum atomic E-state index is -0.0664. The molecule has 1 heterocycles. The standard InChI is InChI=1S/C14H19N3O2S/c1-15-14(16-2)20-12-8-9-17(13(12)18)10-4-6-11(19-3)7-5-10/h4-7,12H,8-9H2,1-3H3,(H,15,16). The SMILES string of the molecule is CN=C(NC)SC1CCN(c2ccc(OC)cc2)C1=O. The molecule has 1 aliphatic rings. The molecule has 1 fully saturated rings. The molecule has 1 atom stereocenters. The zero-order valence-corrected chi connectivity index (χ0v) is 12.7. The fraction of sp³-hybridized carbons (Fsp3) is 0.429. The van der Waals surface area contributed by atoms with Crippen LogP contribution >= 0.6 is 11.8 Å². The van der Waals surface area contributed by atoms with E-state index >= 15 is 0 Å². The van der Waals surface area contributed by atoms with E-state index in [1.807, 2.05) is 36.2 Å². The van der Waals surface area contributed by atoms with Crippen LogP contribution < -0.4 is 15.0 Å².